The highest BCUT2D eigenvalue weighted by Crippen LogP contribution is 2.41. The van der Waals surface area contributed by atoms with Gasteiger partial charge in [0.1, 0.15) is 5.76 Å². The van der Waals surface area contributed by atoms with E-state index in [-0.39, 0.29) is 17.5 Å². The van der Waals surface area contributed by atoms with Crippen molar-refractivity contribution in [3.05, 3.63) is 51.3 Å². The topological polar surface area (TPSA) is 80.4 Å². The van der Waals surface area contributed by atoms with Crippen LogP contribution in [0.1, 0.15) is 48.0 Å². The van der Waals surface area contributed by atoms with Crippen molar-refractivity contribution in [2.24, 2.45) is 5.92 Å². The molecule has 0 aromatic carbocycles. The molecule has 2 aliphatic rings. The molecule has 4 rings (SSSR count). The summed E-state index contributed by atoms with van der Waals surface area (Å²) in [5, 5.41) is 6.99. The molecule has 0 aliphatic carbocycles. The minimum atomic E-state index is -0.0639. The summed E-state index contributed by atoms with van der Waals surface area (Å²) in [4.78, 5) is 26.5. The largest absolute Gasteiger partial charge is 0.361 e. The van der Waals surface area contributed by atoms with Crippen molar-refractivity contribution in [3.63, 3.8) is 0 Å². The van der Waals surface area contributed by atoms with Crippen molar-refractivity contribution < 1.29 is 9.32 Å². The Morgan fingerprint density at radius 2 is 2.15 bits per heavy atom. The van der Waals surface area contributed by atoms with Gasteiger partial charge in [-0.05, 0) is 32.3 Å². The number of hydrogen-bond acceptors (Lipinski definition) is 5. The van der Waals surface area contributed by atoms with E-state index in [4.69, 9.17) is 4.52 Å². The number of likely N-dealkylation sites (tertiary alicyclic amines) is 1. The lowest BCUT2D eigenvalue weighted by Gasteiger charge is -2.47. The number of amides is 1. The molecule has 2 aromatic heterocycles. The first kappa shape index (κ1) is 18.0. The highest BCUT2D eigenvalue weighted by atomic mass is 16.5. The first-order valence-electron chi connectivity index (χ1n) is 9.54. The van der Waals surface area contributed by atoms with Crippen molar-refractivity contribution in [1.29, 1.82) is 0 Å². The summed E-state index contributed by atoms with van der Waals surface area (Å²) in [6, 6.07) is 5.51. The van der Waals surface area contributed by atoms with E-state index in [2.05, 4.69) is 21.4 Å². The van der Waals surface area contributed by atoms with Gasteiger partial charge in [0.05, 0.1) is 11.7 Å². The van der Waals surface area contributed by atoms with E-state index in [0.29, 0.717) is 18.4 Å². The first-order valence-corrected chi connectivity index (χ1v) is 9.54. The smallest absolute Gasteiger partial charge is 0.251 e. The van der Waals surface area contributed by atoms with Crippen LogP contribution in [0.5, 0.6) is 0 Å². The monoisotopic (exact) mass is 370 g/mol. The van der Waals surface area contributed by atoms with Gasteiger partial charge in [0, 0.05) is 56.3 Å². The standard InChI is InChI=1S/C20H26N4O3/c1-12-17(13(2)27-22-12)11-23-9-15-7-16(10-23)19(8-21-14(3)25)24-18(15)5-4-6-20(24)26/h4-6,15-16,19H,7-11H2,1-3H3,(H,21,25)/t15-,16+,19+/m1/s1. The molecule has 1 amide bonds. The third kappa shape index (κ3) is 3.32. The molecular weight excluding hydrogens is 344 g/mol. The third-order valence-corrected chi connectivity index (χ3v) is 6.00. The van der Waals surface area contributed by atoms with Crippen LogP contribution in [-0.2, 0) is 11.3 Å². The maximum atomic E-state index is 12.6. The van der Waals surface area contributed by atoms with Crippen LogP contribution in [0, 0.1) is 19.8 Å². The lowest BCUT2D eigenvalue weighted by molar-refractivity contribution is -0.119. The lowest BCUT2D eigenvalue weighted by atomic mass is 9.78. The number of aryl methyl sites for hydroxylation is 2. The molecule has 0 radical (unpaired) electrons. The van der Waals surface area contributed by atoms with Gasteiger partial charge in [-0.3, -0.25) is 14.5 Å². The maximum absolute atomic E-state index is 12.6. The van der Waals surface area contributed by atoms with Gasteiger partial charge in [0.15, 0.2) is 0 Å². The summed E-state index contributed by atoms with van der Waals surface area (Å²) in [5.74, 6) is 1.45. The number of carbonyl (C=O) groups is 1. The lowest BCUT2D eigenvalue weighted by Crippen LogP contribution is -2.51. The van der Waals surface area contributed by atoms with Gasteiger partial charge in [-0.25, -0.2) is 0 Å². The van der Waals surface area contributed by atoms with Gasteiger partial charge in [-0.1, -0.05) is 11.2 Å². The van der Waals surface area contributed by atoms with Gasteiger partial charge in [-0.15, -0.1) is 0 Å². The van der Waals surface area contributed by atoms with E-state index in [0.717, 1.165) is 48.8 Å². The van der Waals surface area contributed by atoms with Crippen LogP contribution in [0.3, 0.4) is 0 Å². The Bertz CT molecular complexity index is 897. The van der Waals surface area contributed by atoms with Crippen molar-refractivity contribution in [3.8, 4) is 0 Å². The number of rotatable bonds is 4. The van der Waals surface area contributed by atoms with Crippen molar-refractivity contribution in [2.75, 3.05) is 19.6 Å². The second-order valence-electron chi connectivity index (χ2n) is 7.85. The predicted octanol–water partition coefficient (Wildman–Crippen LogP) is 1.75. The molecule has 4 heterocycles. The van der Waals surface area contributed by atoms with E-state index in [1.54, 1.807) is 6.07 Å². The van der Waals surface area contributed by atoms with Gasteiger partial charge >= 0.3 is 0 Å². The average Bonchev–Trinajstić information content (AvgIpc) is 2.94. The second kappa shape index (κ2) is 6.96. The summed E-state index contributed by atoms with van der Waals surface area (Å²) in [7, 11) is 0. The summed E-state index contributed by atoms with van der Waals surface area (Å²) in [6.45, 7) is 8.55. The molecule has 2 aromatic rings. The van der Waals surface area contributed by atoms with Crippen molar-refractivity contribution in [1.82, 2.24) is 19.9 Å². The van der Waals surface area contributed by atoms with Crippen LogP contribution in [0.15, 0.2) is 27.5 Å². The molecule has 3 atom stereocenters. The van der Waals surface area contributed by atoms with Gasteiger partial charge in [0.25, 0.3) is 5.56 Å². The Morgan fingerprint density at radius 3 is 2.85 bits per heavy atom. The number of carbonyl (C=O) groups excluding carboxylic acids is 1. The number of pyridine rings is 1. The summed E-state index contributed by atoms with van der Waals surface area (Å²) >= 11 is 0. The Balaban J connectivity index is 1.65. The predicted molar refractivity (Wildman–Crippen MR) is 101 cm³/mol. The fraction of sp³-hybridized carbons (Fsp3) is 0.550. The highest BCUT2D eigenvalue weighted by Gasteiger charge is 2.40. The zero-order chi connectivity index (χ0) is 19.1. The zero-order valence-corrected chi connectivity index (χ0v) is 16.1. The molecule has 1 fully saturated rings. The van der Waals surface area contributed by atoms with Crippen LogP contribution in [0.2, 0.25) is 0 Å². The molecule has 144 valence electrons. The molecule has 27 heavy (non-hydrogen) atoms. The van der Waals surface area contributed by atoms with Crippen molar-refractivity contribution in [2.45, 2.75) is 45.7 Å². The Hall–Kier alpha value is -2.41. The number of hydrogen-bond donors (Lipinski definition) is 1. The quantitative estimate of drug-likeness (QED) is 0.887. The number of nitrogens with one attached hydrogen (secondary N) is 1. The molecule has 0 spiro atoms. The summed E-state index contributed by atoms with van der Waals surface area (Å²) in [5.41, 5.74) is 3.20. The molecule has 7 nitrogen and oxygen atoms in total. The van der Waals surface area contributed by atoms with Crippen LogP contribution in [0.25, 0.3) is 0 Å². The molecular formula is C20H26N4O3. The SMILES string of the molecule is CC(=O)NC[C@H]1[C@H]2C[C@H](CN(Cc3c(C)noc3C)C2)c2cccc(=O)n21. The number of fused-ring (bicyclic) bond motifs is 4. The Morgan fingerprint density at radius 1 is 1.33 bits per heavy atom. The number of aromatic nitrogens is 2. The highest BCUT2D eigenvalue weighted by molar-refractivity contribution is 5.72. The van der Waals surface area contributed by atoms with Crippen LogP contribution in [-0.4, -0.2) is 40.2 Å². The molecule has 1 saturated heterocycles. The fourth-order valence-electron chi connectivity index (χ4n) is 4.73. The summed E-state index contributed by atoms with van der Waals surface area (Å²) in [6.07, 6.45) is 1.05. The molecule has 0 saturated carbocycles. The fourth-order valence-corrected chi connectivity index (χ4v) is 4.73. The molecule has 1 N–H and O–H groups in total. The minimum Gasteiger partial charge on any atom is -0.361 e. The van der Waals surface area contributed by atoms with Crippen LogP contribution < -0.4 is 10.9 Å². The van der Waals surface area contributed by atoms with Crippen LogP contribution >= 0.6 is 0 Å². The van der Waals surface area contributed by atoms with Gasteiger partial charge in [-0.2, -0.15) is 0 Å². The van der Waals surface area contributed by atoms with E-state index < -0.39 is 0 Å². The molecule has 0 unspecified atom stereocenters. The van der Waals surface area contributed by atoms with E-state index in [1.165, 1.54) is 6.92 Å². The van der Waals surface area contributed by atoms with E-state index in [1.807, 2.05) is 24.5 Å². The zero-order valence-electron chi connectivity index (χ0n) is 16.1. The average molecular weight is 370 g/mol. The van der Waals surface area contributed by atoms with Crippen molar-refractivity contribution >= 4 is 5.91 Å². The Kier molecular flexibility index (Phi) is 4.63. The molecule has 7 heteroatoms. The minimum absolute atomic E-state index is 0.0127. The number of piperidine rings is 1. The maximum Gasteiger partial charge on any atom is 0.251 e. The normalized spacial score (nSPS) is 24.5. The molecule has 2 bridgehead atoms. The first-order chi connectivity index (χ1) is 12.9. The second-order valence-corrected chi connectivity index (χ2v) is 7.85. The van der Waals surface area contributed by atoms with Crippen LogP contribution in [0.4, 0.5) is 0 Å². The van der Waals surface area contributed by atoms with Gasteiger partial charge < -0.3 is 14.4 Å². The number of nitrogens with zero attached hydrogens (tertiary/aromatic N) is 3. The third-order valence-electron chi connectivity index (χ3n) is 6.00. The van der Waals surface area contributed by atoms with Gasteiger partial charge in [0.2, 0.25) is 5.91 Å². The van der Waals surface area contributed by atoms with E-state index in [9.17, 15) is 9.59 Å². The summed E-state index contributed by atoms with van der Waals surface area (Å²) < 4.78 is 7.24. The van der Waals surface area contributed by atoms with E-state index >= 15 is 0 Å². The Labute approximate surface area is 158 Å². The molecule has 2 aliphatic heterocycles.